The van der Waals surface area contributed by atoms with Gasteiger partial charge in [-0.05, 0) is 36.4 Å². The van der Waals surface area contributed by atoms with Crippen molar-refractivity contribution in [3.8, 4) is 0 Å². The summed E-state index contributed by atoms with van der Waals surface area (Å²) in [6.45, 7) is 0.183. The van der Waals surface area contributed by atoms with Crippen LogP contribution < -0.4 is 10.2 Å². The van der Waals surface area contributed by atoms with E-state index < -0.39 is 11.7 Å². The number of hydrogen-bond acceptors (Lipinski definition) is 2. The van der Waals surface area contributed by atoms with Gasteiger partial charge in [0.05, 0.1) is 11.6 Å². The van der Waals surface area contributed by atoms with Crippen LogP contribution in [0, 0.1) is 11.7 Å². The molecule has 2 amide bonds. The molecule has 0 aliphatic carbocycles. The van der Waals surface area contributed by atoms with Crippen LogP contribution in [-0.4, -0.2) is 18.4 Å². The van der Waals surface area contributed by atoms with Crippen molar-refractivity contribution < 1.29 is 14.0 Å². The molecule has 1 atom stereocenters. The van der Waals surface area contributed by atoms with E-state index in [0.29, 0.717) is 5.69 Å². The maximum Gasteiger partial charge on any atom is 0.229 e. The Kier molecular flexibility index (Phi) is 4.43. The number of amides is 2. The molecule has 1 saturated heterocycles. The number of nitrogens with one attached hydrogen (secondary N) is 1. The Labute approximate surface area is 141 Å². The van der Waals surface area contributed by atoms with Gasteiger partial charge in [0.2, 0.25) is 11.8 Å². The molecule has 0 radical (unpaired) electrons. The Morgan fingerprint density at radius 3 is 2.57 bits per heavy atom. The highest BCUT2D eigenvalue weighted by atomic mass is 79.9. The second kappa shape index (κ2) is 6.50. The van der Waals surface area contributed by atoms with Crippen molar-refractivity contribution in [2.75, 3.05) is 16.8 Å². The molecule has 23 heavy (non-hydrogen) atoms. The first kappa shape index (κ1) is 15.7. The second-order valence-corrected chi connectivity index (χ2v) is 6.27. The van der Waals surface area contributed by atoms with Crippen LogP contribution >= 0.6 is 15.9 Å². The molecule has 1 aliphatic rings. The molecule has 1 aliphatic heterocycles. The molecular weight excluding hydrogens is 363 g/mol. The molecule has 4 nitrogen and oxygen atoms in total. The van der Waals surface area contributed by atoms with Gasteiger partial charge in [-0.3, -0.25) is 9.59 Å². The SMILES string of the molecule is O=C(Nc1ccc(Br)cc1)C1CC(=O)N(c2ccccc2F)C1. The van der Waals surface area contributed by atoms with Gasteiger partial charge in [0, 0.05) is 23.1 Å². The number of carbonyl (C=O) groups excluding carboxylic acids is 2. The van der Waals surface area contributed by atoms with Crippen molar-refractivity contribution in [2.24, 2.45) is 5.92 Å². The van der Waals surface area contributed by atoms with E-state index in [1.54, 1.807) is 30.3 Å². The number of hydrogen-bond donors (Lipinski definition) is 1. The first-order valence-electron chi connectivity index (χ1n) is 7.16. The number of carbonyl (C=O) groups is 2. The summed E-state index contributed by atoms with van der Waals surface area (Å²) >= 11 is 3.33. The normalized spacial score (nSPS) is 17.4. The van der Waals surface area contributed by atoms with Crippen LogP contribution in [0.2, 0.25) is 0 Å². The van der Waals surface area contributed by atoms with Crippen LogP contribution in [0.3, 0.4) is 0 Å². The quantitative estimate of drug-likeness (QED) is 0.889. The predicted molar refractivity (Wildman–Crippen MR) is 89.6 cm³/mol. The fourth-order valence-electron chi connectivity index (χ4n) is 2.56. The summed E-state index contributed by atoms with van der Waals surface area (Å²) in [4.78, 5) is 25.8. The zero-order valence-corrected chi connectivity index (χ0v) is 13.7. The summed E-state index contributed by atoms with van der Waals surface area (Å²) in [5.74, 6) is -1.44. The fourth-order valence-corrected chi connectivity index (χ4v) is 2.83. The number of para-hydroxylation sites is 1. The largest absolute Gasteiger partial charge is 0.326 e. The molecule has 6 heteroatoms. The zero-order valence-electron chi connectivity index (χ0n) is 12.1. The van der Waals surface area contributed by atoms with E-state index in [-0.39, 0.29) is 30.5 Å². The average Bonchev–Trinajstić information content (AvgIpc) is 2.92. The molecule has 1 heterocycles. The third kappa shape index (κ3) is 3.42. The minimum Gasteiger partial charge on any atom is -0.326 e. The predicted octanol–water partition coefficient (Wildman–Crippen LogP) is 3.58. The summed E-state index contributed by atoms with van der Waals surface area (Å²) in [7, 11) is 0. The van der Waals surface area contributed by atoms with E-state index in [4.69, 9.17) is 0 Å². The molecule has 118 valence electrons. The van der Waals surface area contributed by atoms with Gasteiger partial charge in [-0.1, -0.05) is 28.1 Å². The van der Waals surface area contributed by atoms with Crippen molar-refractivity contribution in [2.45, 2.75) is 6.42 Å². The van der Waals surface area contributed by atoms with Gasteiger partial charge in [0.15, 0.2) is 0 Å². The van der Waals surface area contributed by atoms with E-state index in [0.717, 1.165) is 4.47 Å². The van der Waals surface area contributed by atoms with Crippen molar-refractivity contribution in [1.82, 2.24) is 0 Å². The van der Waals surface area contributed by atoms with E-state index >= 15 is 0 Å². The summed E-state index contributed by atoms with van der Waals surface area (Å²) in [6, 6.07) is 13.3. The van der Waals surface area contributed by atoms with Crippen molar-refractivity contribution in [3.05, 3.63) is 58.8 Å². The molecule has 1 unspecified atom stereocenters. The van der Waals surface area contributed by atoms with Crippen LogP contribution in [0.4, 0.5) is 15.8 Å². The van der Waals surface area contributed by atoms with Crippen LogP contribution in [-0.2, 0) is 9.59 Å². The monoisotopic (exact) mass is 376 g/mol. The topological polar surface area (TPSA) is 49.4 Å². The average molecular weight is 377 g/mol. The summed E-state index contributed by atoms with van der Waals surface area (Å²) < 4.78 is 14.7. The van der Waals surface area contributed by atoms with Gasteiger partial charge in [-0.15, -0.1) is 0 Å². The lowest BCUT2D eigenvalue weighted by Gasteiger charge is -2.17. The van der Waals surface area contributed by atoms with Crippen LogP contribution in [0.1, 0.15) is 6.42 Å². The maximum absolute atomic E-state index is 13.8. The summed E-state index contributed by atoms with van der Waals surface area (Å²) in [5.41, 5.74) is 0.881. The molecule has 0 spiro atoms. The van der Waals surface area contributed by atoms with Gasteiger partial charge >= 0.3 is 0 Å². The molecular formula is C17H14BrFN2O2. The maximum atomic E-state index is 13.8. The van der Waals surface area contributed by atoms with Crippen molar-refractivity contribution in [1.29, 1.82) is 0 Å². The highest BCUT2D eigenvalue weighted by Gasteiger charge is 2.36. The lowest BCUT2D eigenvalue weighted by Crippen LogP contribution is -2.28. The summed E-state index contributed by atoms with van der Waals surface area (Å²) in [6.07, 6.45) is 0.0801. The number of halogens is 2. The lowest BCUT2D eigenvalue weighted by atomic mass is 10.1. The highest BCUT2D eigenvalue weighted by molar-refractivity contribution is 9.10. The Morgan fingerprint density at radius 2 is 1.87 bits per heavy atom. The Morgan fingerprint density at radius 1 is 1.17 bits per heavy atom. The van der Waals surface area contributed by atoms with E-state index in [2.05, 4.69) is 21.2 Å². The molecule has 0 bridgehead atoms. The van der Waals surface area contributed by atoms with Crippen molar-refractivity contribution >= 4 is 39.1 Å². The first-order chi connectivity index (χ1) is 11.0. The van der Waals surface area contributed by atoms with E-state index in [1.807, 2.05) is 12.1 Å². The standard InChI is InChI=1S/C17H14BrFN2O2/c18-12-5-7-13(8-6-12)20-17(23)11-9-16(22)21(10-11)15-4-2-1-3-14(15)19/h1-8,11H,9-10H2,(H,20,23). The van der Waals surface area contributed by atoms with Gasteiger partial charge in [0.1, 0.15) is 5.82 Å². The smallest absolute Gasteiger partial charge is 0.229 e. The molecule has 0 saturated carbocycles. The Bertz CT molecular complexity index is 749. The second-order valence-electron chi connectivity index (χ2n) is 5.35. The third-order valence-corrected chi connectivity index (χ3v) is 4.28. The molecule has 1 fully saturated rings. The van der Waals surface area contributed by atoms with Gasteiger partial charge in [-0.2, -0.15) is 0 Å². The van der Waals surface area contributed by atoms with E-state index in [1.165, 1.54) is 11.0 Å². The van der Waals surface area contributed by atoms with Crippen LogP contribution in [0.15, 0.2) is 53.0 Å². The molecule has 3 rings (SSSR count). The minimum atomic E-state index is -0.495. The number of nitrogens with zero attached hydrogens (tertiary/aromatic N) is 1. The third-order valence-electron chi connectivity index (χ3n) is 3.75. The van der Waals surface area contributed by atoms with Crippen LogP contribution in [0.25, 0.3) is 0 Å². The Balaban J connectivity index is 1.71. The Hall–Kier alpha value is -2.21. The van der Waals surface area contributed by atoms with Gasteiger partial charge < -0.3 is 10.2 Å². The first-order valence-corrected chi connectivity index (χ1v) is 7.95. The lowest BCUT2D eigenvalue weighted by molar-refractivity contribution is -0.122. The highest BCUT2D eigenvalue weighted by Crippen LogP contribution is 2.28. The van der Waals surface area contributed by atoms with Gasteiger partial charge in [-0.25, -0.2) is 4.39 Å². The molecule has 2 aromatic rings. The number of rotatable bonds is 3. The molecule has 0 aromatic heterocycles. The van der Waals surface area contributed by atoms with Crippen molar-refractivity contribution in [3.63, 3.8) is 0 Å². The zero-order chi connectivity index (χ0) is 16.4. The van der Waals surface area contributed by atoms with Crippen LogP contribution in [0.5, 0.6) is 0 Å². The van der Waals surface area contributed by atoms with Gasteiger partial charge in [0.25, 0.3) is 0 Å². The number of anilines is 2. The minimum absolute atomic E-state index is 0.0801. The molecule has 2 aromatic carbocycles. The molecule has 1 N–H and O–H groups in total. The number of benzene rings is 2. The summed E-state index contributed by atoms with van der Waals surface area (Å²) in [5, 5.41) is 2.79. The van der Waals surface area contributed by atoms with E-state index in [9.17, 15) is 14.0 Å². The fraction of sp³-hybridized carbons (Fsp3) is 0.176.